The molecule has 0 aliphatic carbocycles. The zero-order chi connectivity index (χ0) is 13.5. The number of ether oxygens (including phenoxy) is 1. The van der Waals surface area contributed by atoms with Crippen LogP contribution in [0.2, 0.25) is 0 Å². The smallest absolute Gasteiger partial charge is 0.305 e. The molecule has 1 N–H and O–H groups in total. The van der Waals surface area contributed by atoms with Gasteiger partial charge in [-0.05, 0) is 39.7 Å². The van der Waals surface area contributed by atoms with Crippen LogP contribution in [0.1, 0.15) is 52.9 Å². The molecule has 0 radical (unpaired) electrons. The summed E-state index contributed by atoms with van der Waals surface area (Å²) in [6.45, 7) is 8.16. The van der Waals surface area contributed by atoms with Gasteiger partial charge in [0.25, 0.3) is 0 Å². The molecule has 1 saturated heterocycles. The molecule has 4 nitrogen and oxygen atoms in total. The zero-order valence-electron chi connectivity index (χ0n) is 11.9. The van der Waals surface area contributed by atoms with E-state index in [4.69, 9.17) is 9.84 Å². The molecular weight excluding hydrogens is 230 g/mol. The van der Waals surface area contributed by atoms with Crippen molar-refractivity contribution in [3.05, 3.63) is 0 Å². The lowest BCUT2D eigenvalue weighted by atomic mass is 10.1. The summed E-state index contributed by atoms with van der Waals surface area (Å²) in [5.74, 6) is -0.787. The average Bonchev–Trinajstić information content (AvgIpc) is 2.73. The number of rotatable bonds is 8. The van der Waals surface area contributed by atoms with E-state index in [1.807, 2.05) is 6.92 Å². The Labute approximate surface area is 110 Å². The number of carboxylic acids is 1. The van der Waals surface area contributed by atoms with E-state index in [1.165, 1.54) is 25.7 Å². The van der Waals surface area contributed by atoms with Crippen LogP contribution >= 0.6 is 0 Å². The first-order chi connectivity index (χ1) is 8.54. The molecule has 0 bridgehead atoms. The second-order valence-corrected chi connectivity index (χ2v) is 5.41. The summed E-state index contributed by atoms with van der Waals surface area (Å²) in [5.41, 5.74) is 0. The third-order valence-electron chi connectivity index (χ3n) is 3.73. The minimum Gasteiger partial charge on any atom is -0.481 e. The van der Waals surface area contributed by atoms with Crippen molar-refractivity contribution in [2.45, 2.75) is 71.1 Å². The Morgan fingerprint density at radius 1 is 1.50 bits per heavy atom. The van der Waals surface area contributed by atoms with E-state index < -0.39 is 5.97 Å². The maximum Gasteiger partial charge on any atom is 0.305 e. The first kappa shape index (κ1) is 15.4. The highest BCUT2D eigenvalue weighted by Gasteiger charge is 2.28. The minimum absolute atomic E-state index is 0.0945. The lowest BCUT2D eigenvalue weighted by Gasteiger charge is -2.31. The van der Waals surface area contributed by atoms with Crippen molar-refractivity contribution in [1.29, 1.82) is 0 Å². The third-order valence-corrected chi connectivity index (χ3v) is 3.73. The molecule has 106 valence electrons. The molecule has 0 aromatic carbocycles. The Morgan fingerprint density at radius 3 is 2.83 bits per heavy atom. The van der Waals surface area contributed by atoms with E-state index in [0.717, 1.165) is 6.54 Å². The summed E-state index contributed by atoms with van der Waals surface area (Å²) in [7, 11) is 0. The molecule has 18 heavy (non-hydrogen) atoms. The Hall–Kier alpha value is -0.610. The average molecular weight is 257 g/mol. The molecule has 4 heteroatoms. The van der Waals surface area contributed by atoms with Crippen molar-refractivity contribution in [2.24, 2.45) is 0 Å². The van der Waals surface area contributed by atoms with Gasteiger partial charge in [0.15, 0.2) is 0 Å². The standard InChI is InChI=1S/C14H27NO3/c1-4-6-11(2)15-8-5-7-13(15)10-18-12(3)9-14(16)17/h11-13H,4-10H2,1-3H3,(H,16,17)/t11?,12?,13-/m0/s1. The van der Waals surface area contributed by atoms with Gasteiger partial charge in [-0.15, -0.1) is 0 Å². The first-order valence-corrected chi connectivity index (χ1v) is 7.13. The highest BCUT2D eigenvalue weighted by atomic mass is 16.5. The molecule has 1 heterocycles. The molecule has 1 aliphatic heterocycles. The van der Waals surface area contributed by atoms with Crippen molar-refractivity contribution < 1.29 is 14.6 Å². The SMILES string of the molecule is CCCC(C)N1CCC[C@H]1COC(C)CC(=O)O. The highest BCUT2D eigenvalue weighted by Crippen LogP contribution is 2.22. The Bertz CT molecular complexity index is 257. The van der Waals surface area contributed by atoms with Gasteiger partial charge in [-0.3, -0.25) is 9.69 Å². The summed E-state index contributed by atoms with van der Waals surface area (Å²) in [4.78, 5) is 13.1. The lowest BCUT2D eigenvalue weighted by molar-refractivity contribution is -0.140. The molecule has 0 spiro atoms. The first-order valence-electron chi connectivity index (χ1n) is 7.13. The fourth-order valence-corrected chi connectivity index (χ4v) is 2.78. The number of aliphatic carboxylic acids is 1. The molecular formula is C14H27NO3. The van der Waals surface area contributed by atoms with Crippen LogP contribution in [0.25, 0.3) is 0 Å². The zero-order valence-corrected chi connectivity index (χ0v) is 11.9. The van der Waals surface area contributed by atoms with Crippen molar-refractivity contribution in [3.63, 3.8) is 0 Å². The van der Waals surface area contributed by atoms with Crippen LogP contribution in [0, 0.1) is 0 Å². The van der Waals surface area contributed by atoms with Crippen LogP contribution in [0.4, 0.5) is 0 Å². The van der Waals surface area contributed by atoms with E-state index in [9.17, 15) is 4.79 Å². The van der Waals surface area contributed by atoms with Gasteiger partial charge < -0.3 is 9.84 Å². The van der Waals surface area contributed by atoms with E-state index in [0.29, 0.717) is 18.7 Å². The molecule has 0 saturated carbocycles. The third kappa shape index (κ3) is 4.94. The summed E-state index contributed by atoms with van der Waals surface area (Å²) in [5, 5.41) is 8.70. The van der Waals surface area contributed by atoms with Gasteiger partial charge >= 0.3 is 5.97 Å². The number of hydrogen-bond donors (Lipinski definition) is 1. The molecule has 1 rings (SSSR count). The van der Waals surface area contributed by atoms with Crippen LogP contribution in [0.3, 0.4) is 0 Å². The molecule has 0 aromatic rings. The number of carbonyl (C=O) groups is 1. The Balaban J connectivity index is 2.33. The van der Waals surface area contributed by atoms with E-state index in [2.05, 4.69) is 18.7 Å². The largest absolute Gasteiger partial charge is 0.481 e. The van der Waals surface area contributed by atoms with Gasteiger partial charge in [0.2, 0.25) is 0 Å². The van der Waals surface area contributed by atoms with Crippen molar-refractivity contribution >= 4 is 5.97 Å². The van der Waals surface area contributed by atoms with Crippen LogP contribution in [-0.4, -0.2) is 47.3 Å². The van der Waals surface area contributed by atoms with Crippen LogP contribution in [-0.2, 0) is 9.53 Å². The molecule has 1 fully saturated rings. The maximum absolute atomic E-state index is 10.6. The number of likely N-dealkylation sites (tertiary alicyclic amines) is 1. The van der Waals surface area contributed by atoms with Crippen LogP contribution in [0.15, 0.2) is 0 Å². The Morgan fingerprint density at radius 2 is 2.22 bits per heavy atom. The fourth-order valence-electron chi connectivity index (χ4n) is 2.78. The monoisotopic (exact) mass is 257 g/mol. The summed E-state index contributed by atoms with van der Waals surface area (Å²) in [6, 6.07) is 1.09. The molecule has 3 atom stereocenters. The summed E-state index contributed by atoms with van der Waals surface area (Å²) in [6.07, 6.45) is 4.74. The fraction of sp³-hybridized carbons (Fsp3) is 0.929. The number of carboxylic acid groups (broad SMARTS) is 1. The highest BCUT2D eigenvalue weighted by molar-refractivity contribution is 5.67. The second kappa shape index (κ2) is 7.74. The lowest BCUT2D eigenvalue weighted by Crippen LogP contribution is -2.40. The number of hydrogen-bond acceptors (Lipinski definition) is 3. The van der Waals surface area contributed by atoms with Gasteiger partial charge in [0.1, 0.15) is 0 Å². The second-order valence-electron chi connectivity index (χ2n) is 5.41. The van der Waals surface area contributed by atoms with Gasteiger partial charge in [-0.25, -0.2) is 0 Å². The Kier molecular flexibility index (Phi) is 6.65. The predicted molar refractivity (Wildman–Crippen MR) is 71.8 cm³/mol. The maximum atomic E-state index is 10.6. The van der Waals surface area contributed by atoms with E-state index in [1.54, 1.807) is 0 Å². The van der Waals surface area contributed by atoms with Crippen molar-refractivity contribution in [2.75, 3.05) is 13.2 Å². The van der Waals surface area contributed by atoms with Gasteiger partial charge in [0, 0.05) is 12.1 Å². The van der Waals surface area contributed by atoms with Crippen LogP contribution in [0.5, 0.6) is 0 Å². The van der Waals surface area contributed by atoms with Crippen molar-refractivity contribution in [3.8, 4) is 0 Å². The van der Waals surface area contributed by atoms with E-state index >= 15 is 0 Å². The number of nitrogens with zero attached hydrogens (tertiary/aromatic N) is 1. The van der Waals surface area contributed by atoms with Crippen LogP contribution < -0.4 is 0 Å². The summed E-state index contributed by atoms with van der Waals surface area (Å²) < 4.78 is 5.67. The quantitative estimate of drug-likeness (QED) is 0.726. The normalized spacial score (nSPS) is 24.1. The van der Waals surface area contributed by atoms with Gasteiger partial charge in [0.05, 0.1) is 19.1 Å². The molecule has 2 unspecified atom stereocenters. The topological polar surface area (TPSA) is 49.8 Å². The summed E-state index contributed by atoms with van der Waals surface area (Å²) >= 11 is 0. The van der Waals surface area contributed by atoms with E-state index in [-0.39, 0.29) is 12.5 Å². The van der Waals surface area contributed by atoms with Crippen molar-refractivity contribution in [1.82, 2.24) is 4.90 Å². The predicted octanol–water partition coefficient (Wildman–Crippen LogP) is 2.52. The minimum atomic E-state index is -0.787. The van der Waals surface area contributed by atoms with Gasteiger partial charge in [-0.1, -0.05) is 13.3 Å². The van der Waals surface area contributed by atoms with Gasteiger partial charge in [-0.2, -0.15) is 0 Å². The molecule has 0 amide bonds. The molecule has 1 aliphatic rings. The molecule has 0 aromatic heterocycles.